The smallest absolute Gasteiger partial charge is 0.234 e. The first-order valence-corrected chi connectivity index (χ1v) is 9.19. The zero-order valence-corrected chi connectivity index (χ0v) is 16.1. The van der Waals surface area contributed by atoms with E-state index in [0.717, 1.165) is 30.0 Å². The quantitative estimate of drug-likeness (QED) is 0.574. The van der Waals surface area contributed by atoms with Crippen molar-refractivity contribution in [1.29, 1.82) is 0 Å². The number of carbonyl (C=O) groups excluding carboxylic acids is 1. The molecular weight excluding hydrogens is 437 g/mol. The van der Waals surface area contributed by atoms with Crippen LogP contribution in [0.25, 0.3) is 0 Å². The molecule has 1 atom stereocenters. The van der Waals surface area contributed by atoms with E-state index in [1.165, 1.54) is 0 Å². The number of amides is 1. The highest BCUT2D eigenvalue weighted by molar-refractivity contribution is 9.12. The number of hydrogen-bond acceptors (Lipinski definition) is 2. The van der Waals surface area contributed by atoms with Gasteiger partial charge in [0.05, 0.1) is 18.4 Å². The van der Waals surface area contributed by atoms with Crippen LogP contribution in [0.4, 0.5) is 5.69 Å². The summed E-state index contributed by atoms with van der Waals surface area (Å²) in [4.78, 5) is 12.0. The van der Waals surface area contributed by atoms with E-state index >= 15 is 0 Å². The Morgan fingerprint density at radius 1 is 1.29 bits per heavy atom. The van der Waals surface area contributed by atoms with E-state index in [0.29, 0.717) is 0 Å². The largest absolute Gasteiger partial charge is 0.325 e. The molecule has 0 bridgehead atoms. The highest BCUT2D eigenvalue weighted by atomic mass is 79.9. The summed E-state index contributed by atoms with van der Waals surface area (Å²) >= 11 is 15.3. The van der Waals surface area contributed by atoms with Crippen LogP contribution in [-0.4, -0.2) is 5.91 Å². The van der Waals surface area contributed by atoms with Crippen molar-refractivity contribution in [2.24, 2.45) is 0 Å². The van der Waals surface area contributed by atoms with Gasteiger partial charge in [0.2, 0.25) is 5.91 Å². The molecule has 3 rings (SSSR count). The van der Waals surface area contributed by atoms with E-state index in [4.69, 9.17) is 11.6 Å². The van der Waals surface area contributed by atoms with Crippen LogP contribution in [0.3, 0.4) is 0 Å². The Labute approximate surface area is 149 Å². The summed E-state index contributed by atoms with van der Waals surface area (Å²) in [5.74, 6) is 0.0280. The molecule has 0 radical (unpaired) electrons. The number of benzene rings is 1. The van der Waals surface area contributed by atoms with Crippen LogP contribution in [0.5, 0.6) is 0 Å². The Morgan fingerprint density at radius 3 is 2.62 bits per heavy atom. The molecule has 1 aliphatic heterocycles. The predicted molar refractivity (Wildman–Crippen MR) is 95.5 cm³/mol. The molecule has 2 heterocycles. The molecule has 2 aromatic rings. The minimum absolute atomic E-state index is 0.0280. The molecule has 0 aliphatic carbocycles. The van der Waals surface area contributed by atoms with Crippen LogP contribution < -0.4 is 5.32 Å². The summed E-state index contributed by atoms with van der Waals surface area (Å²) in [7, 11) is 0. The highest BCUT2D eigenvalue weighted by Gasteiger charge is 2.38. The van der Waals surface area contributed by atoms with Crippen LogP contribution >= 0.6 is 54.8 Å². The Balaban J connectivity index is 2.04. The number of hydrogen-bond donors (Lipinski definition) is 1. The first-order chi connectivity index (χ1) is 9.80. The number of rotatable bonds is 2. The molecule has 1 amide bonds. The second-order valence-electron chi connectivity index (χ2n) is 5.53. The van der Waals surface area contributed by atoms with Gasteiger partial charge in [-0.3, -0.25) is 4.79 Å². The third-order valence-electron chi connectivity index (χ3n) is 3.78. The molecular formula is C15H12Br2ClNOS. The summed E-state index contributed by atoms with van der Waals surface area (Å²) < 4.78 is 2.05. The summed E-state index contributed by atoms with van der Waals surface area (Å²) in [6, 6.07) is 7.95. The predicted octanol–water partition coefficient (Wildman–Crippen LogP) is 5.83. The first kappa shape index (κ1) is 15.5. The lowest BCUT2D eigenvalue weighted by Crippen LogP contribution is -2.26. The number of halogens is 3. The third-order valence-corrected chi connectivity index (χ3v) is 6.65. The summed E-state index contributed by atoms with van der Waals surface area (Å²) in [5.41, 5.74) is 3.38. The molecule has 6 heteroatoms. The molecule has 0 saturated carbocycles. The SMILES string of the molecule is CC1(C)C(=O)Nc2ccc(C(Cl)c3cc(Br)sc3Br)cc21. The minimum Gasteiger partial charge on any atom is -0.325 e. The van der Waals surface area contributed by atoms with Crippen molar-refractivity contribution in [2.75, 3.05) is 5.32 Å². The molecule has 110 valence electrons. The Bertz CT molecular complexity index is 741. The summed E-state index contributed by atoms with van der Waals surface area (Å²) in [6.45, 7) is 3.86. The van der Waals surface area contributed by atoms with Gasteiger partial charge < -0.3 is 5.32 Å². The van der Waals surface area contributed by atoms with Gasteiger partial charge in [0.15, 0.2) is 0 Å². The maximum absolute atomic E-state index is 12.0. The third kappa shape index (κ3) is 2.58. The van der Waals surface area contributed by atoms with Crippen molar-refractivity contribution >= 4 is 66.4 Å². The van der Waals surface area contributed by atoms with E-state index in [2.05, 4.69) is 37.2 Å². The van der Waals surface area contributed by atoms with Crippen molar-refractivity contribution in [1.82, 2.24) is 0 Å². The second-order valence-corrected chi connectivity index (χ2v) is 9.71. The maximum atomic E-state index is 12.0. The molecule has 1 aromatic carbocycles. The lowest BCUT2D eigenvalue weighted by molar-refractivity contribution is -0.119. The highest BCUT2D eigenvalue weighted by Crippen LogP contribution is 2.44. The van der Waals surface area contributed by atoms with Gasteiger partial charge in [-0.15, -0.1) is 22.9 Å². The Morgan fingerprint density at radius 2 is 2.00 bits per heavy atom. The Hall–Kier alpha value is -0.360. The monoisotopic (exact) mass is 447 g/mol. The molecule has 1 unspecified atom stereocenters. The number of fused-ring (bicyclic) bond motifs is 1. The normalized spacial score (nSPS) is 17.5. The standard InChI is InChI=1S/C15H12Br2ClNOS/c1-15(2)9-5-7(3-4-10(9)19-14(15)20)12(18)8-6-11(16)21-13(8)17/h3-6,12H,1-2H3,(H,19,20). The molecule has 21 heavy (non-hydrogen) atoms. The molecule has 0 spiro atoms. The van der Waals surface area contributed by atoms with Crippen molar-refractivity contribution in [3.63, 3.8) is 0 Å². The van der Waals surface area contributed by atoms with Gasteiger partial charge in [-0.25, -0.2) is 0 Å². The molecule has 1 N–H and O–H groups in total. The number of nitrogens with one attached hydrogen (secondary N) is 1. The van der Waals surface area contributed by atoms with Crippen molar-refractivity contribution in [2.45, 2.75) is 24.6 Å². The zero-order chi connectivity index (χ0) is 15.4. The summed E-state index contributed by atoms with van der Waals surface area (Å²) in [5, 5.41) is 2.66. The molecule has 1 aliphatic rings. The van der Waals surface area contributed by atoms with Crippen LogP contribution in [-0.2, 0) is 10.2 Å². The fourth-order valence-electron chi connectivity index (χ4n) is 2.45. The van der Waals surface area contributed by atoms with Crippen LogP contribution in [0.2, 0.25) is 0 Å². The van der Waals surface area contributed by atoms with Gasteiger partial charge in [-0.05, 0) is 69.0 Å². The van der Waals surface area contributed by atoms with Gasteiger partial charge in [-0.2, -0.15) is 0 Å². The average Bonchev–Trinajstić information content (AvgIpc) is 2.87. The van der Waals surface area contributed by atoms with Crippen LogP contribution in [0, 0.1) is 0 Å². The first-order valence-electron chi connectivity index (χ1n) is 6.35. The average molecular weight is 450 g/mol. The van der Waals surface area contributed by atoms with Gasteiger partial charge >= 0.3 is 0 Å². The van der Waals surface area contributed by atoms with E-state index < -0.39 is 5.41 Å². The maximum Gasteiger partial charge on any atom is 0.234 e. The number of carbonyl (C=O) groups is 1. The summed E-state index contributed by atoms with van der Waals surface area (Å²) in [6.07, 6.45) is 0. The van der Waals surface area contributed by atoms with Gasteiger partial charge in [-0.1, -0.05) is 12.1 Å². The zero-order valence-electron chi connectivity index (χ0n) is 11.3. The number of alkyl halides is 1. The fourth-order valence-corrected chi connectivity index (χ4v) is 5.86. The van der Waals surface area contributed by atoms with Crippen molar-refractivity contribution in [3.05, 3.63) is 48.5 Å². The molecule has 2 nitrogen and oxygen atoms in total. The lowest BCUT2D eigenvalue weighted by Gasteiger charge is -2.17. The Kier molecular flexibility index (Phi) is 3.97. The van der Waals surface area contributed by atoms with Gasteiger partial charge in [0.25, 0.3) is 0 Å². The van der Waals surface area contributed by atoms with Crippen molar-refractivity contribution < 1.29 is 4.79 Å². The second kappa shape index (κ2) is 5.37. The van der Waals surface area contributed by atoms with Crippen LogP contribution in [0.1, 0.15) is 35.9 Å². The topological polar surface area (TPSA) is 29.1 Å². The molecule has 0 saturated heterocycles. The molecule has 1 aromatic heterocycles. The van der Waals surface area contributed by atoms with Crippen molar-refractivity contribution in [3.8, 4) is 0 Å². The fraction of sp³-hybridized carbons (Fsp3) is 0.267. The van der Waals surface area contributed by atoms with E-state index in [1.54, 1.807) is 11.3 Å². The van der Waals surface area contributed by atoms with E-state index in [1.807, 2.05) is 38.1 Å². The van der Waals surface area contributed by atoms with E-state index in [-0.39, 0.29) is 11.3 Å². The lowest BCUT2D eigenvalue weighted by atomic mass is 9.85. The van der Waals surface area contributed by atoms with Gasteiger partial charge in [0, 0.05) is 11.3 Å². The van der Waals surface area contributed by atoms with Gasteiger partial charge in [0.1, 0.15) is 0 Å². The minimum atomic E-state index is -0.519. The molecule has 0 fully saturated rings. The van der Waals surface area contributed by atoms with Crippen LogP contribution in [0.15, 0.2) is 31.8 Å². The number of anilines is 1. The van der Waals surface area contributed by atoms with E-state index in [9.17, 15) is 4.79 Å². The number of thiophene rings is 1.